The molecule has 6 heteroatoms. The Bertz CT molecular complexity index is 839. The van der Waals surface area contributed by atoms with E-state index in [4.69, 9.17) is 26.3 Å². The number of hydrogen-bond donors (Lipinski definition) is 1. The molecule has 0 bridgehead atoms. The quantitative estimate of drug-likeness (QED) is 0.860. The normalized spacial score (nSPS) is 12.2. The van der Waals surface area contributed by atoms with E-state index in [9.17, 15) is 4.79 Å². The number of carbonyl (C=O) groups is 1. The van der Waals surface area contributed by atoms with Crippen molar-refractivity contribution in [1.29, 1.82) is 5.26 Å². The molecule has 0 saturated carbocycles. The molecule has 0 saturated heterocycles. The van der Waals surface area contributed by atoms with Gasteiger partial charge < -0.3 is 14.8 Å². The number of nitrogens with one attached hydrogen (secondary N) is 1. The van der Waals surface area contributed by atoms with Crippen LogP contribution in [0, 0.1) is 11.3 Å². The maximum Gasteiger partial charge on any atom is 0.248 e. The Labute approximate surface area is 144 Å². The molecule has 1 N–H and O–H groups in total. The number of hydrogen-bond acceptors (Lipinski definition) is 4. The first-order chi connectivity index (χ1) is 11.7. The summed E-state index contributed by atoms with van der Waals surface area (Å²) in [5.74, 6) is 0.822. The number of halogens is 1. The van der Waals surface area contributed by atoms with E-state index in [1.807, 2.05) is 0 Å². The molecular weight excluding hydrogens is 328 g/mol. The van der Waals surface area contributed by atoms with Crippen molar-refractivity contribution in [2.24, 2.45) is 0 Å². The molecule has 1 heterocycles. The largest absolute Gasteiger partial charge is 0.454 e. The first kappa shape index (κ1) is 15.9. The minimum Gasteiger partial charge on any atom is -0.454 e. The number of rotatable bonds is 4. The van der Waals surface area contributed by atoms with E-state index in [1.54, 1.807) is 42.5 Å². The van der Waals surface area contributed by atoms with E-state index >= 15 is 0 Å². The lowest BCUT2D eigenvalue weighted by atomic mass is 10.1. The predicted octanol–water partition coefficient (Wildman–Crippen LogP) is 3.79. The fourth-order valence-electron chi connectivity index (χ4n) is 2.24. The van der Waals surface area contributed by atoms with E-state index in [2.05, 4.69) is 11.4 Å². The molecular formula is C18H13ClN2O3. The number of nitriles is 1. The lowest BCUT2D eigenvalue weighted by Crippen LogP contribution is -2.07. The molecule has 3 rings (SSSR count). The summed E-state index contributed by atoms with van der Waals surface area (Å²) in [4.78, 5) is 12.0. The number of ether oxygens (including phenoxy) is 2. The Hall–Kier alpha value is -2.97. The Balaban J connectivity index is 1.65. The fraction of sp³-hybridized carbons (Fsp3) is 0.111. The smallest absolute Gasteiger partial charge is 0.248 e. The first-order valence-corrected chi connectivity index (χ1v) is 7.57. The molecule has 0 fully saturated rings. The number of fused-ring (bicyclic) bond motifs is 1. The van der Waals surface area contributed by atoms with Crippen LogP contribution < -0.4 is 14.8 Å². The van der Waals surface area contributed by atoms with Gasteiger partial charge in [0.1, 0.15) is 0 Å². The topological polar surface area (TPSA) is 71.4 Å². The zero-order valence-electron chi connectivity index (χ0n) is 12.6. The monoisotopic (exact) mass is 340 g/mol. The first-order valence-electron chi connectivity index (χ1n) is 7.20. The summed E-state index contributed by atoms with van der Waals surface area (Å²) < 4.78 is 10.5. The third kappa shape index (κ3) is 3.67. The molecule has 1 aliphatic heterocycles. The Morgan fingerprint density at radius 1 is 1.29 bits per heavy atom. The van der Waals surface area contributed by atoms with Crippen LogP contribution in [0.2, 0.25) is 5.02 Å². The Morgan fingerprint density at radius 2 is 2.08 bits per heavy atom. The SMILES string of the molecule is N#CCc1ccc(NC(=O)/C=C/c2cc(Cl)c3c(c2)OCO3)cc1. The van der Waals surface area contributed by atoms with Crippen LogP contribution >= 0.6 is 11.6 Å². The lowest BCUT2D eigenvalue weighted by molar-refractivity contribution is -0.111. The van der Waals surface area contributed by atoms with Gasteiger partial charge in [-0.05, 0) is 41.5 Å². The molecule has 24 heavy (non-hydrogen) atoms. The molecule has 0 radical (unpaired) electrons. The number of carbonyl (C=O) groups excluding carboxylic acids is 1. The van der Waals surface area contributed by atoms with Crippen molar-refractivity contribution in [2.45, 2.75) is 6.42 Å². The minimum absolute atomic E-state index is 0.143. The Kier molecular flexibility index (Phi) is 4.69. The van der Waals surface area contributed by atoms with Crippen LogP contribution in [0.1, 0.15) is 11.1 Å². The van der Waals surface area contributed by atoms with E-state index in [0.717, 1.165) is 11.1 Å². The van der Waals surface area contributed by atoms with Crippen LogP contribution in [0.3, 0.4) is 0 Å². The van der Waals surface area contributed by atoms with Gasteiger partial charge in [-0.1, -0.05) is 23.7 Å². The molecule has 1 amide bonds. The standard InChI is InChI=1S/C18H13ClN2O3/c19-15-9-13(10-16-18(15)24-11-23-16)3-6-17(22)21-14-4-1-12(2-5-14)7-8-20/h1-6,9-10H,7,11H2,(H,21,22)/b6-3+. The number of benzene rings is 2. The third-order valence-corrected chi connectivity index (χ3v) is 3.66. The van der Waals surface area contributed by atoms with Crippen molar-refractivity contribution in [3.63, 3.8) is 0 Å². The van der Waals surface area contributed by atoms with Crippen molar-refractivity contribution in [3.8, 4) is 17.6 Å². The van der Waals surface area contributed by atoms with Crippen molar-refractivity contribution in [1.82, 2.24) is 0 Å². The van der Waals surface area contributed by atoms with Gasteiger partial charge in [-0.25, -0.2) is 0 Å². The summed E-state index contributed by atoms with van der Waals surface area (Å²) in [5, 5.41) is 11.8. The zero-order valence-corrected chi connectivity index (χ0v) is 13.3. The van der Waals surface area contributed by atoms with Crippen LogP contribution in [-0.4, -0.2) is 12.7 Å². The average Bonchev–Trinajstić information content (AvgIpc) is 3.04. The lowest BCUT2D eigenvalue weighted by Gasteiger charge is -2.03. The highest BCUT2D eigenvalue weighted by Gasteiger charge is 2.17. The molecule has 0 spiro atoms. The molecule has 0 aliphatic carbocycles. The van der Waals surface area contributed by atoms with Crippen LogP contribution in [0.4, 0.5) is 5.69 Å². The average molecular weight is 341 g/mol. The van der Waals surface area contributed by atoms with Gasteiger partial charge in [0.25, 0.3) is 0 Å². The summed E-state index contributed by atoms with van der Waals surface area (Å²) in [6.07, 6.45) is 3.41. The second-order valence-corrected chi connectivity index (χ2v) is 5.50. The molecule has 0 aromatic heterocycles. The predicted molar refractivity (Wildman–Crippen MR) is 91.0 cm³/mol. The van der Waals surface area contributed by atoms with E-state index in [0.29, 0.717) is 28.6 Å². The summed E-state index contributed by atoms with van der Waals surface area (Å²) in [6, 6.07) is 12.7. The van der Waals surface area contributed by atoms with Crippen molar-refractivity contribution < 1.29 is 14.3 Å². The number of amides is 1. The van der Waals surface area contributed by atoms with Crippen LogP contribution in [-0.2, 0) is 11.2 Å². The third-order valence-electron chi connectivity index (χ3n) is 3.38. The van der Waals surface area contributed by atoms with Gasteiger partial charge in [-0.15, -0.1) is 0 Å². The highest BCUT2D eigenvalue weighted by atomic mass is 35.5. The second kappa shape index (κ2) is 7.07. The maximum atomic E-state index is 12.0. The molecule has 5 nitrogen and oxygen atoms in total. The molecule has 120 valence electrons. The molecule has 0 atom stereocenters. The minimum atomic E-state index is -0.267. The van der Waals surface area contributed by atoms with Gasteiger partial charge in [-0.2, -0.15) is 5.26 Å². The molecule has 1 aliphatic rings. The molecule has 2 aromatic carbocycles. The summed E-state index contributed by atoms with van der Waals surface area (Å²) in [6.45, 7) is 0.143. The number of anilines is 1. The van der Waals surface area contributed by atoms with Crippen LogP contribution in [0.5, 0.6) is 11.5 Å². The van der Waals surface area contributed by atoms with Crippen LogP contribution in [0.25, 0.3) is 6.08 Å². The Morgan fingerprint density at radius 3 is 2.83 bits per heavy atom. The summed E-state index contributed by atoms with van der Waals surface area (Å²) >= 11 is 6.10. The summed E-state index contributed by atoms with van der Waals surface area (Å²) in [5.41, 5.74) is 2.31. The van der Waals surface area contributed by atoms with Gasteiger partial charge in [0.15, 0.2) is 11.5 Å². The highest BCUT2D eigenvalue weighted by Crippen LogP contribution is 2.40. The number of nitrogens with zero attached hydrogens (tertiary/aromatic N) is 1. The van der Waals surface area contributed by atoms with Gasteiger partial charge in [0.05, 0.1) is 17.5 Å². The van der Waals surface area contributed by atoms with Crippen molar-refractivity contribution in [3.05, 3.63) is 58.6 Å². The van der Waals surface area contributed by atoms with Crippen molar-refractivity contribution >= 4 is 29.3 Å². The van der Waals surface area contributed by atoms with E-state index in [1.165, 1.54) is 6.08 Å². The second-order valence-electron chi connectivity index (χ2n) is 5.09. The highest BCUT2D eigenvalue weighted by molar-refractivity contribution is 6.32. The summed E-state index contributed by atoms with van der Waals surface area (Å²) in [7, 11) is 0. The van der Waals surface area contributed by atoms with Gasteiger partial charge in [0.2, 0.25) is 12.7 Å². The van der Waals surface area contributed by atoms with Gasteiger partial charge in [-0.3, -0.25) is 4.79 Å². The van der Waals surface area contributed by atoms with E-state index < -0.39 is 0 Å². The zero-order chi connectivity index (χ0) is 16.9. The fourth-order valence-corrected chi connectivity index (χ4v) is 2.51. The molecule has 0 unspecified atom stereocenters. The van der Waals surface area contributed by atoms with Crippen LogP contribution in [0.15, 0.2) is 42.5 Å². The van der Waals surface area contributed by atoms with E-state index in [-0.39, 0.29) is 12.7 Å². The van der Waals surface area contributed by atoms with Gasteiger partial charge >= 0.3 is 0 Å². The maximum absolute atomic E-state index is 12.0. The molecule has 2 aromatic rings. The van der Waals surface area contributed by atoms with Gasteiger partial charge in [0, 0.05) is 11.8 Å². The van der Waals surface area contributed by atoms with Crippen molar-refractivity contribution in [2.75, 3.05) is 12.1 Å².